The normalized spacial score (nSPS) is 25.4. The standard InChI is InChI=1S/C22H22N2O8/c1-7-8-5-4-6-9(25)11(8)16(26)12-10(7)20(32-22(12)31)13-15(24(2)3)17(27)14(21(23)30)19(29)18(13)28/h4-6,13,15,18,20,25-28H,1-3H3,(H2,23,30)/t13-,15+,18-,20-/m0/s1. The summed E-state index contributed by atoms with van der Waals surface area (Å²) in [5.74, 6) is -5.73. The van der Waals surface area contributed by atoms with Crippen LogP contribution in [0.4, 0.5) is 0 Å². The van der Waals surface area contributed by atoms with Crippen LogP contribution >= 0.6 is 0 Å². The van der Waals surface area contributed by atoms with Gasteiger partial charge in [0.2, 0.25) is 5.78 Å². The number of hydrogen-bond acceptors (Lipinski definition) is 9. The molecular weight excluding hydrogens is 420 g/mol. The van der Waals surface area contributed by atoms with E-state index in [0.29, 0.717) is 10.9 Å². The molecule has 1 aliphatic carbocycles. The Morgan fingerprint density at radius 3 is 2.41 bits per heavy atom. The number of phenols is 2. The van der Waals surface area contributed by atoms with Gasteiger partial charge in [0.25, 0.3) is 5.91 Å². The van der Waals surface area contributed by atoms with E-state index in [1.807, 2.05) is 0 Å². The van der Waals surface area contributed by atoms with Crippen molar-refractivity contribution >= 4 is 28.4 Å². The van der Waals surface area contributed by atoms with Gasteiger partial charge in [0, 0.05) is 5.56 Å². The number of nitrogens with two attached hydrogens (primary N) is 1. The van der Waals surface area contributed by atoms with Gasteiger partial charge in [-0.25, -0.2) is 4.79 Å². The van der Waals surface area contributed by atoms with Crippen molar-refractivity contribution in [1.29, 1.82) is 0 Å². The van der Waals surface area contributed by atoms with Gasteiger partial charge in [0.15, 0.2) is 0 Å². The number of aliphatic hydroxyl groups is 2. The first kappa shape index (κ1) is 21.6. The number of cyclic esters (lactones) is 1. The van der Waals surface area contributed by atoms with Gasteiger partial charge in [-0.2, -0.15) is 0 Å². The van der Waals surface area contributed by atoms with Crippen LogP contribution in [0.1, 0.15) is 27.6 Å². The fraction of sp³-hybridized carbons (Fsp3) is 0.318. The van der Waals surface area contributed by atoms with Crippen LogP contribution in [0.15, 0.2) is 29.5 Å². The average Bonchev–Trinajstić information content (AvgIpc) is 3.05. The molecule has 1 amide bonds. The zero-order valence-electron chi connectivity index (χ0n) is 17.5. The number of aliphatic hydroxyl groups excluding tert-OH is 2. The Morgan fingerprint density at radius 2 is 1.81 bits per heavy atom. The summed E-state index contributed by atoms with van der Waals surface area (Å²) in [5.41, 5.74) is 5.05. The van der Waals surface area contributed by atoms with E-state index in [1.165, 1.54) is 11.0 Å². The number of benzene rings is 2. The van der Waals surface area contributed by atoms with Crippen molar-refractivity contribution in [3.63, 3.8) is 0 Å². The number of phenolic OH excluding ortho intramolecular Hbond substituents is 2. The van der Waals surface area contributed by atoms with Crippen LogP contribution in [-0.4, -0.2) is 69.2 Å². The van der Waals surface area contributed by atoms with Crippen LogP contribution in [0, 0.1) is 12.8 Å². The van der Waals surface area contributed by atoms with Gasteiger partial charge in [-0.05, 0) is 38.0 Å². The number of primary amides is 1. The number of Topliss-reactive ketones (excluding diaryl/α,β-unsaturated/α-hetero) is 1. The molecule has 1 aliphatic heterocycles. The van der Waals surface area contributed by atoms with Gasteiger partial charge in [-0.3, -0.25) is 14.5 Å². The van der Waals surface area contributed by atoms with Gasteiger partial charge in [0.1, 0.15) is 40.6 Å². The number of rotatable bonds is 3. The highest BCUT2D eigenvalue weighted by Gasteiger charge is 2.54. The van der Waals surface area contributed by atoms with E-state index in [9.17, 15) is 34.8 Å². The topological polar surface area (TPSA) is 171 Å². The van der Waals surface area contributed by atoms with Crippen LogP contribution < -0.4 is 5.73 Å². The van der Waals surface area contributed by atoms with Crippen LogP contribution in [0.25, 0.3) is 10.8 Å². The molecule has 0 saturated carbocycles. The number of amides is 1. The number of fused-ring (bicyclic) bond motifs is 2. The third kappa shape index (κ3) is 2.76. The first-order valence-electron chi connectivity index (χ1n) is 9.78. The van der Waals surface area contributed by atoms with E-state index in [4.69, 9.17) is 10.5 Å². The van der Waals surface area contributed by atoms with Gasteiger partial charge in [0.05, 0.1) is 17.3 Å². The summed E-state index contributed by atoms with van der Waals surface area (Å²) < 4.78 is 5.52. The van der Waals surface area contributed by atoms with Crippen molar-refractivity contribution in [2.75, 3.05) is 14.1 Å². The number of likely N-dealkylation sites (N-methyl/N-ethyl adjacent to an activating group) is 1. The third-order valence-electron chi connectivity index (χ3n) is 6.25. The fourth-order valence-electron chi connectivity index (χ4n) is 4.87. The van der Waals surface area contributed by atoms with Crippen molar-refractivity contribution < 1.29 is 39.5 Å². The predicted molar refractivity (Wildman–Crippen MR) is 111 cm³/mol. The molecule has 0 bridgehead atoms. The molecule has 32 heavy (non-hydrogen) atoms. The van der Waals surface area contributed by atoms with Crippen molar-refractivity contribution in [1.82, 2.24) is 4.90 Å². The predicted octanol–water partition coefficient (Wildman–Crippen LogP) is 0.558. The summed E-state index contributed by atoms with van der Waals surface area (Å²) in [6.07, 6.45) is -3.07. The van der Waals surface area contributed by atoms with E-state index in [-0.39, 0.29) is 22.3 Å². The molecule has 1 heterocycles. The Balaban J connectivity index is 1.99. The SMILES string of the molecule is Cc1c2c(c(O)c3c(O)cccc13)C(=O)O[C@@H]2[C@@H]1[C@H](O)C(=O)C(C(N)=O)=C(O)[C@@H]1N(C)C. The first-order chi connectivity index (χ1) is 15.0. The molecule has 2 aromatic rings. The van der Waals surface area contributed by atoms with Crippen molar-refractivity contribution in [3.05, 3.63) is 46.2 Å². The molecule has 10 nitrogen and oxygen atoms in total. The maximum Gasteiger partial charge on any atom is 0.343 e. The lowest BCUT2D eigenvalue weighted by atomic mass is 9.74. The Bertz CT molecular complexity index is 1230. The number of aryl methyl sites for hydroxylation is 1. The van der Waals surface area contributed by atoms with Crippen LogP contribution in [0.2, 0.25) is 0 Å². The molecular formula is C22H22N2O8. The largest absolute Gasteiger partial charge is 0.510 e. The van der Waals surface area contributed by atoms with Gasteiger partial charge >= 0.3 is 5.97 Å². The van der Waals surface area contributed by atoms with Gasteiger partial charge in [-0.1, -0.05) is 12.1 Å². The molecule has 168 valence electrons. The lowest BCUT2D eigenvalue weighted by Gasteiger charge is -2.40. The van der Waals surface area contributed by atoms with E-state index in [2.05, 4.69) is 0 Å². The van der Waals surface area contributed by atoms with E-state index in [0.717, 1.165) is 0 Å². The lowest BCUT2D eigenvalue weighted by Crippen LogP contribution is -2.54. The zero-order valence-corrected chi connectivity index (χ0v) is 17.5. The monoisotopic (exact) mass is 442 g/mol. The smallest absolute Gasteiger partial charge is 0.343 e. The van der Waals surface area contributed by atoms with E-state index in [1.54, 1.807) is 33.2 Å². The number of hydrogen-bond donors (Lipinski definition) is 5. The highest BCUT2D eigenvalue weighted by molar-refractivity contribution is 6.21. The minimum Gasteiger partial charge on any atom is -0.510 e. The fourth-order valence-corrected chi connectivity index (χ4v) is 4.87. The maximum absolute atomic E-state index is 12.8. The number of aromatic hydroxyl groups is 2. The second-order valence-corrected chi connectivity index (χ2v) is 8.21. The minimum absolute atomic E-state index is 0.0736. The number of carbonyl (C=O) groups excluding carboxylic acids is 3. The molecule has 10 heteroatoms. The number of carbonyl (C=O) groups is 3. The maximum atomic E-state index is 12.8. The average molecular weight is 442 g/mol. The lowest BCUT2D eigenvalue weighted by molar-refractivity contribution is -0.136. The molecule has 6 N–H and O–H groups in total. The Hall–Kier alpha value is -3.63. The van der Waals surface area contributed by atoms with Crippen LogP contribution in [0.3, 0.4) is 0 Å². The van der Waals surface area contributed by atoms with E-state index >= 15 is 0 Å². The molecule has 0 radical (unpaired) electrons. The number of nitrogens with zero attached hydrogens (tertiary/aromatic N) is 1. The second kappa shape index (κ2) is 7.21. The molecule has 2 aromatic carbocycles. The van der Waals surface area contributed by atoms with Crippen LogP contribution in [-0.2, 0) is 14.3 Å². The summed E-state index contributed by atoms with van der Waals surface area (Å²) in [5, 5.41) is 43.1. The molecule has 4 atom stereocenters. The number of ketones is 1. The van der Waals surface area contributed by atoms with Gasteiger partial charge in [-0.15, -0.1) is 0 Å². The third-order valence-corrected chi connectivity index (χ3v) is 6.25. The molecule has 0 unspecified atom stereocenters. The molecule has 2 aliphatic rings. The highest BCUT2D eigenvalue weighted by atomic mass is 16.6. The first-order valence-corrected chi connectivity index (χ1v) is 9.78. The van der Waals surface area contributed by atoms with Gasteiger partial charge < -0.3 is 30.9 Å². The summed E-state index contributed by atoms with van der Waals surface area (Å²) >= 11 is 0. The zero-order chi connectivity index (χ0) is 23.6. The summed E-state index contributed by atoms with van der Waals surface area (Å²) in [7, 11) is 3.10. The van der Waals surface area contributed by atoms with Crippen molar-refractivity contribution in [2.45, 2.75) is 25.2 Å². The Kier molecular flexibility index (Phi) is 4.87. The van der Waals surface area contributed by atoms with E-state index < -0.39 is 58.9 Å². The molecule has 0 aromatic heterocycles. The Morgan fingerprint density at radius 1 is 1.16 bits per heavy atom. The highest BCUT2D eigenvalue weighted by Crippen LogP contribution is 2.51. The van der Waals surface area contributed by atoms with Crippen molar-refractivity contribution in [2.24, 2.45) is 11.7 Å². The Labute approximate surface area is 182 Å². The summed E-state index contributed by atoms with van der Waals surface area (Å²) in [6, 6.07) is 3.47. The number of ether oxygens (including phenoxy) is 1. The minimum atomic E-state index is -1.83. The molecule has 4 rings (SSSR count). The van der Waals surface area contributed by atoms with Crippen LogP contribution in [0.5, 0.6) is 11.5 Å². The molecule has 0 saturated heterocycles. The summed E-state index contributed by atoms with van der Waals surface area (Å²) in [6.45, 7) is 1.65. The second-order valence-electron chi connectivity index (χ2n) is 8.21. The summed E-state index contributed by atoms with van der Waals surface area (Å²) in [4.78, 5) is 38.7. The van der Waals surface area contributed by atoms with Crippen molar-refractivity contribution in [3.8, 4) is 11.5 Å². The molecule has 0 fully saturated rings. The quantitative estimate of drug-likeness (QED) is 0.336. The number of esters is 1. The molecule has 0 spiro atoms.